The molecule has 0 saturated heterocycles. The Morgan fingerprint density at radius 3 is 2.35 bits per heavy atom. The first-order chi connectivity index (χ1) is 17.2. The van der Waals surface area contributed by atoms with Crippen LogP contribution in [0.2, 0.25) is 5.02 Å². The summed E-state index contributed by atoms with van der Waals surface area (Å²) in [5, 5.41) is 1.22. The highest BCUT2D eigenvalue weighted by Gasteiger charge is 2.29. The van der Waals surface area contributed by atoms with Gasteiger partial charge >= 0.3 is 0 Å². The van der Waals surface area contributed by atoms with E-state index >= 15 is 0 Å². The molecule has 0 unspecified atom stereocenters. The summed E-state index contributed by atoms with van der Waals surface area (Å²) >= 11 is 7.57. The number of hydrogen-bond donors (Lipinski definition) is 0. The molecule has 0 N–H and O–H groups in total. The standard InChI is InChI=1S/C26H33ClN4O3S2.ClH/c1-29(2)16-7-17-31(26-28-23-15-12-20(27)18-24(23)35-26)25(32)19-10-13-22(14-11-19)36(33,34)30(3)21-8-5-4-6-9-21;/h10-15,18,21H,4-9,16-17H2,1-3H3;1H. The predicted octanol–water partition coefficient (Wildman–Crippen LogP) is 5.92. The molecule has 0 radical (unpaired) electrons. The molecule has 0 spiro atoms. The number of amides is 1. The van der Waals surface area contributed by atoms with Gasteiger partial charge in [-0.3, -0.25) is 9.69 Å². The summed E-state index contributed by atoms with van der Waals surface area (Å²) in [5.41, 5.74) is 1.22. The number of hydrogen-bond acceptors (Lipinski definition) is 6. The molecule has 1 aliphatic rings. The summed E-state index contributed by atoms with van der Waals surface area (Å²) in [4.78, 5) is 22.2. The third-order valence-corrected chi connectivity index (χ3v) is 9.87. The Hall–Kier alpha value is -1.75. The fourth-order valence-electron chi connectivity index (χ4n) is 4.56. The number of sulfonamides is 1. The van der Waals surface area contributed by atoms with Crippen LogP contribution in [0, 0.1) is 0 Å². The van der Waals surface area contributed by atoms with Gasteiger partial charge in [0.05, 0.1) is 15.1 Å². The van der Waals surface area contributed by atoms with Gasteiger partial charge in [0.25, 0.3) is 5.91 Å². The maximum atomic E-state index is 13.6. The van der Waals surface area contributed by atoms with E-state index in [4.69, 9.17) is 11.6 Å². The van der Waals surface area contributed by atoms with E-state index in [0.29, 0.717) is 22.3 Å². The van der Waals surface area contributed by atoms with Crippen molar-refractivity contribution < 1.29 is 13.2 Å². The zero-order valence-corrected chi connectivity index (χ0v) is 24.6. The number of rotatable bonds is 9. The van der Waals surface area contributed by atoms with Crippen molar-refractivity contribution in [2.45, 2.75) is 49.5 Å². The molecule has 7 nitrogen and oxygen atoms in total. The molecule has 1 fully saturated rings. The highest BCUT2D eigenvalue weighted by Crippen LogP contribution is 2.32. The first kappa shape index (κ1) is 29.8. The Bertz CT molecular complexity index is 1310. The quantitative estimate of drug-likeness (QED) is 0.312. The molecule has 1 saturated carbocycles. The molecule has 37 heavy (non-hydrogen) atoms. The normalized spacial score (nSPS) is 14.8. The van der Waals surface area contributed by atoms with Crippen LogP contribution in [0.25, 0.3) is 10.2 Å². The van der Waals surface area contributed by atoms with Gasteiger partial charge in [0.15, 0.2) is 5.13 Å². The molecular weight excluding hydrogens is 551 g/mol. The molecular formula is C26H34Cl2N4O3S2. The second-order valence-electron chi connectivity index (χ2n) is 9.56. The Morgan fingerprint density at radius 2 is 1.70 bits per heavy atom. The zero-order valence-electron chi connectivity index (χ0n) is 21.4. The van der Waals surface area contributed by atoms with Crippen LogP contribution in [-0.4, -0.2) is 68.8 Å². The van der Waals surface area contributed by atoms with Gasteiger partial charge in [-0.2, -0.15) is 4.31 Å². The van der Waals surface area contributed by atoms with Crippen LogP contribution < -0.4 is 4.90 Å². The lowest BCUT2D eigenvalue weighted by Gasteiger charge is -2.30. The van der Waals surface area contributed by atoms with E-state index in [1.165, 1.54) is 27.8 Å². The topological polar surface area (TPSA) is 73.8 Å². The predicted molar refractivity (Wildman–Crippen MR) is 155 cm³/mol. The summed E-state index contributed by atoms with van der Waals surface area (Å²) in [6.07, 6.45) is 5.82. The van der Waals surface area contributed by atoms with Gasteiger partial charge in [0.2, 0.25) is 10.0 Å². The third-order valence-electron chi connectivity index (χ3n) is 6.67. The number of carbonyl (C=O) groups is 1. The maximum Gasteiger partial charge on any atom is 0.260 e. The summed E-state index contributed by atoms with van der Waals surface area (Å²) in [6.45, 7) is 1.32. The Balaban J connectivity index is 0.00000380. The molecule has 0 bridgehead atoms. The van der Waals surface area contributed by atoms with Crippen molar-refractivity contribution in [3.8, 4) is 0 Å². The lowest BCUT2D eigenvalue weighted by atomic mass is 9.96. The van der Waals surface area contributed by atoms with Crippen LogP contribution >= 0.6 is 35.3 Å². The first-order valence-corrected chi connectivity index (χ1v) is 14.9. The molecule has 1 amide bonds. The largest absolute Gasteiger partial charge is 0.309 e. The van der Waals surface area contributed by atoms with Crippen molar-refractivity contribution in [1.29, 1.82) is 0 Å². The Labute approximate surface area is 234 Å². The van der Waals surface area contributed by atoms with Gasteiger partial charge in [0, 0.05) is 30.2 Å². The number of aromatic nitrogens is 1. The van der Waals surface area contributed by atoms with E-state index in [2.05, 4.69) is 9.88 Å². The molecule has 1 heterocycles. The highest BCUT2D eigenvalue weighted by atomic mass is 35.5. The third kappa shape index (κ3) is 7.02. The fraction of sp³-hybridized carbons (Fsp3) is 0.462. The van der Waals surface area contributed by atoms with Crippen LogP contribution in [0.3, 0.4) is 0 Å². The van der Waals surface area contributed by atoms with E-state index < -0.39 is 10.0 Å². The number of halogens is 2. The van der Waals surface area contributed by atoms with Crippen LogP contribution in [0.1, 0.15) is 48.9 Å². The molecule has 11 heteroatoms. The molecule has 2 aromatic carbocycles. The number of anilines is 1. The van der Waals surface area contributed by atoms with Crippen molar-refractivity contribution >= 4 is 66.6 Å². The lowest BCUT2D eigenvalue weighted by Crippen LogP contribution is -2.38. The fourth-order valence-corrected chi connectivity index (χ4v) is 7.25. The van der Waals surface area contributed by atoms with Gasteiger partial charge in [-0.1, -0.05) is 42.2 Å². The molecule has 3 aromatic rings. The van der Waals surface area contributed by atoms with E-state index in [1.54, 1.807) is 30.1 Å². The average Bonchev–Trinajstić information content (AvgIpc) is 3.29. The average molecular weight is 586 g/mol. The van der Waals surface area contributed by atoms with Gasteiger partial charge in [-0.25, -0.2) is 13.4 Å². The van der Waals surface area contributed by atoms with Gasteiger partial charge in [0.1, 0.15) is 0 Å². The van der Waals surface area contributed by atoms with Gasteiger partial charge < -0.3 is 4.90 Å². The van der Waals surface area contributed by atoms with E-state index in [1.807, 2.05) is 26.2 Å². The smallest absolute Gasteiger partial charge is 0.260 e. The molecule has 202 valence electrons. The van der Waals surface area contributed by atoms with Crippen LogP contribution in [0.5, 0.6) is 0 Å². The van der Waals surface area contributed by atoms with Crippen LogP contribution in [0.15, 0.2) is 47.4 Å². The monoisotopic (exact) mass is 584 g/mol. The summed E-state index contributed by atoms with van der Waals surface area (Å²) in [7, 11) is 2.04. The molecule has 4 rings (SSSR count). The summed E-state index contributed by atoms with van der Waals surface area (Å²) in [5.74, 6) is -0.205. The van der Waals surface area contributed by atoms with Crippen LogP contribution in [-0.2, 0) is 10.0 Å². The SMILES string of the molecule is CN(C)CCCN(C(=O)c1ccc(S(=O)(=O)N(C)C2CCCCC2)cc1)c1nc2ccc(Cl)cc2s1.Cl. The van der Waals surface area contributed by atoms with E-state index in [0.717, 1.165) is 55.3 Å². The van der Waals surface area contributed by atoms with Crippen molar-refractivity contribution in [3.05, 3.63) is 53.1 Å². The second-order valence-corrected chi connectivity index (χ2v) is 13.0. The van der Waals surface area contributed by atoms with Crippen molar-refractivity contribution in [3.63, 3.8) is 0 Å². The first-order valence-electron chi connectivity index (χ1n) is 12.3. The Kier molecular flexibility index (Phi) is 10.4. The van der Waals surface area contributed by atoms with Crippen LogP contribution in [0.4, 0.5) is 5.13 Å². The molecule has 1 aromatic heterocycles. The number of fused-ring (bicyclic) bond motifs is 1. The molecule has 0 atom stereocenters. The number of carbonyl (C=O) groups excluding carboxylic acids is 1. The highest BCUT2D eigenvalue weighted by molar-refractivity contribution is 7.89. The number of thiazole rings is 1. The lowest BCUT2D eigenvalue weighted by molar-refractivity contribution is 0.0986. The zero-order chi connectivity index (χ0) is 25.9. The minimum atomic E-state index is -3.62. The van der Waals surface area contributed by atoms with Crippen molar-refractivity contribution in [1.82, 2.24) is 14.2 Å². The maximum absolute atomic E-state index is 13.6. The van der Waals surface area contributed by atoms with Crippen molar-refractivity contribution in [2.24, 2.45) is 0 Å². The van der Waals surface area contributed by atoms with E-state index in [9.17, 15) is 13.2 Å². The molecule has 0 aliphatic heterocycles. The minimum Gasteiger partial charge on any atom is -0.309 e. The molecule has 1 aliphatic carbocycles. The minimum absolute atomic E-state index is 0. The van der Waals surface area contributed by atoms with Gasteiger partial charge in [-0.15, -0.1) is 12.4 Å². The van der Waals surface area contributed by atoms with Gasteiger partial charge in [-0.05, 0) is 82.4 Å². The number of benzene rings is 2. The van der Waals surface area contributed by atoms with Crippen molar-refractivity contribution in [2.75, 3.05) is 39.1 Å². The van der Waals surface area contributed by atoms with E-state index in [-0.39, 0.29) is 29.3 Å². The summed E-state index contributed by atoms with van der Waals surface area (Å²) < 4.78 is 28.8. The Morgan fingerprint density at radius 1 is 1.03 bits per heavy atom. The second kappa shape index (κ2) is 12.9. The summed E-state index contributed by atoms with van der Waals surface area (Å²) in [6, 6.07) is 11.8. The number of nitrogens with zero attached hydrogens (tertiary/aromatic N) is 4.